The van der Waals surface area contributed by atoms with E-state index in [0.717, 1.165) is 56.2 Å². The fraction of sp³-hybridized carbons (Fsp3) is 0.542. The maximum absolute atomic E-state index is 13.0. The van der Waals surface area contributed by atoms with Crippen LogP contribution in [-0.4, -0.2) is 38.9 Å². The van der Waals surface area contributed by atoms with Gasteiger partial charge in [-0.25, -0.2) is 4.99 Å². The lowest BCUT2D eigenvalue weighted by molar-refractivity contribution is -0.126. The first-order valence-corrected chi connectivity index (χ1v) is 13.9. The van der Waals surface area contributed by atoms with E-state index in [1.165, 1.54) is 22.6 Å². The minimum absolute atomic E-state index is 0.0496. The molecule has 174 valence electrons. The predicted molar refractivity (Wildman–Crippen MR) is 139 cm³/mol. The molecule has 1 aliphatic heterocycles. The highest BCUT2D eigenvalue weighted by atomic mass is 127. The predicted octanol–water partition coefficient (Wildman–Crippen LogP) is 4.10. The molecule has 2 N–H and O–H groups in total. The number of aryl methyl sites for hydroxylation is 1. The van der Waals surface area contributed by atoms with Gasteiger partial charge in [0.2, 0.25) is 11.8 Å². The van der Waals surface area contributed by atoms with Crippen molar-refractivity contribution in [2.24, 2.45) is 10.9 Å². The van der Waals surface area contributed by atoms with Crippen molar-refractivity contribution in [2.45, 2.75) is 77.8 Å². The Hall–Kier alpha value is -2.10. The number of aliphatic imine (C=N–C) groups is 1. The van der Waals surface area contributed by atoms with Crippen LogP contribution in [0.15, 0.2) is 26.7 Å². The molecule has 2 heterocycles. The molecule has 0 spiro atoms. The molecule has 7 nitrogen and oxygen atoms in total. The summed E-state index contributed by atoms with van der Waals surface area (Å²) in [6.45, 7) is 8.27. The maximum Gasteiger partial charge on any atom is 0.228 e. The van der Waals surface area contributed by atoms with Gasteiger partial charge in [-0.3, -0.25) is 14.3 Å². The van der Waals surface area contributed by atoms with Gasteiger partial charge in [-0.05, 0) is 67.4 Å². The molecule has 2 aliphatic rings. The van der Waals surface area contributed by atoms with Gasteiger partial charge in [-0.2, -0.15) is 5.10 Å². The van der Waals surface area contributed by atoms with Gasteiger partial charge in [0.15, 0.2) is 0 Å². The minimum atomic E-state index is -0.377. The van der Waals surface area contributed by atoms with E-state index in [1.54, 1.807) is 0 Å². The normalized spacial score (nSPS) is 22.2. The standard InChI is InChI=1S/C24H34IN5O2/c1-16(25-3)20(21-15-27-30-12-7-5-6-11-22(21)30)14-23(26-4)29-24(32)18-9-8-10-19(13-18)28-17(2)31/h14-15,18-19H,3-13H2,1-2H3,(H,28,31)(H,29,32)/b20-16-,23-14+/t18-,19+/m0/s1. The third-order valence-corrected chi connectivity index (χ3v) is 7.97. The smallest absolute Gasteiger partial charge is 0.228 e. The van der Waals surface area contributed by atoms with Crippen molar-refractivity contribution in [2.75, 3.05) is 0 Å². The summed E-state index contributed by atoms with van der Waals surface area (Å²) in [5.41, 5.74) is 3.43. The lowest BCUT2D eigenvalue weighted by Gasteiger charge is -2.28. The van der Waals surface area contributed by atoms with Crippen LogP contribution < -0.4 is 10.6 Å². The number of carbonyl (C=O) groups excluding carboxylic acids is 2. The van der Waals surface area contributed by atoms with Crippen molar-refractivity contribution < 1.29 is 9.59 Å². The molecule has 0 saturated heterocycles. The fourth-order valence-electron chi connectivity index (χ4n) is 4.59. The zero-order chi connectivity index (χ0) is 23.1. The first-order chi connectivity index (χ1) is 15.4. The lowest BCUT2D eigenvalue weighted by Crippen LogP contribution is -2.41. The molecule has 0 bridgehead atoms. The van der Waals surface area contributed by atoms with Crippen LogP contribution in [0.5, 0.6) is 0 Å². The molecular weight excluding hydrogens is 517 g/mol. The molecule has 8 heteroatoms. The molecular formula is C24H34IN5O2. The molecule has 1 aromatic rings. The first-order valence-electron chi connectivity index (χ1n) is 11.3. The van der Waals surface area contributed by atoms with Crippen molar-refractivity contribution in [3.05, 3.63) is 32.9 Å². The molecule has 1 saturated carbocycles. The number of nitrogens with one attached hydrogen (secondary N) is 2. The third-order valence-electron chi connectivity index (χ3n) is 6.25. The minimum Gasteiger partial charge on any atom is -0.354 e. The number of nitrogens with zero attached hydrogens (tertiary/aromatic N) is 3. The summed E-state index contributed by atoms with van der Waals surface area (Å²) in [5.74, 6) is 0.198. The van der Waals surface area contributed by atoms with Crippen LogP contribution in [0.25, 0.3) is 5.57 Å². The monoisotopic (exact) mass is 551 g/mol. The highest BCUT2D eigenvalue weighted by Crippen LogP contribution is 2.32. The van der Waals surface area contributed by atoms with E-state index >= 15 is 0 Å². The second kappa shape index (κ2) is 11.7. The second-order valence-corrected chi connectivity index (χ2v) is 10.9. The molecule has 0 aromatic carbocycles. The summed E-state index contributed by atoms with van der Waals surface area (Å²) in [5, 5.41) is 10.6. The number of amides is 2. The SMILES string of the molecule is C=N/C(=C\C(=C(/C)I=C)c1cnn2c1CCCCC2)NC(=O)[C@H]1CCC[C@@H](NC(C)=O)C1. The van der Waals surface area contributed by atoms with Crippen LogP contribution in [0.4, 0.5) is 0 Å². The molecule has 1 aliphatic carbocycles. The van der Waals surface area contributed by atoms with Crippen molar-refractivity contribution >= 4 is 49.4 Å². The van der Waals surface area contributed by atoms with Crippen LogP contribution in [0.2, 0.25) is 0 Å². The summed E-state index contributed by atoms with van der Waals surface area (Å²) in [6.07, 6.45) is 11.7. The first kappa shape index (κ1) is 24.5. The molecule has 2 atom stereocenters. The number of aromatic nitrogens is 2. The van der Waals surface area contributed by atoms with Crippen LogP contribution in [0, 0.1) is 5.92 Å². The van der Waals surface area contributed by atoms with E-state index in [2.05, 4.69) is 43.6 Å². The van der Waals surface area contributed by atoms with E-state index in [4.69, 9.17) is 0 Å². The van der Waals surface area contributed by atoms with E-state index in [9.17, 15) is 9.59 Å². The number of hydrogen-bond acceptors (Lipinski definition) is 4. The van der Waals surface area contributed by atoms with Crippen LogP contribution in [0.3, 0.4) is 0 Å². The highest BCUT2D eigenvalue weighted by molar-refractivity contribution is 14.2. The van der Waals surface area contributed by atoms with Crippen LogP contribution >= 0.6 is 20.7 Å². The Balaban J connectivity index is 1.82. The number of fused-ring (bicyclic) bond motifs is 1. The number of carbonyl (C=O) groups is 2. The van der Waals surface area contributed by atoms with E-state index in [0.29, 0.717) is 12.2 Å². The topological polar surface area (TPSA) is 88.4 Å². The van der Waals surface area contributed by atoms with Gasteiger partial charge in [0.05, 0.1) is 6.20 Å². The van der Waals surface area contributed by atoms with Crippen molar-refractivity contribution in [1.82, 2.24) is 20.4 Å². The molecule has 3 rings (SSSR count). The average Bonchev–Trinajstić information content (AvgIpc) is 3.02. The Morgan fingerprint density at radius 2 is 2.06 bits per heavy atom. The Labute approximate surface area is 200 Å². The van der Waals surface area contributed by atoms with Gasteiger partial charge in [0, 0.05) is 36.7 Å². The average molecular weight is 551 g/mol. The zero-order valence-corrected chi connectivity index (χ0v) is 21.3. The number of allylic oxidation sites excluding steroid dienone is 3. The third kappa shape index (κ3) is 6.24. The lowest BCUT2D eigenvalue weighted by atomic mass is 9.85. The maximum atomic E-state index is 13.0. The number of rotatable bonds is 7. The van der Waals surface area contributed by atoms with Crippen LogP contribution in [-0.2, 0) is 22.6 Å². The Morgan fingerprint density at radius 3 is 2.78 bits per heavy atom. The van der Waals surface area contributed by atoms with Crippen molar-refractivity contribution in [1.29, 1.82) is 0 Å². The molecule has 1 aromatic heterocycles. The van der Waals surface area contributed by atoms with Crippen molar-refractivity contribution in [3.8, 4) is 0 Å². The highest BCUT2D eigenvalue weighted by Gasteiger charge is 2.28. The van der Waals surface area contributed by atoms with Gasteiger partial charge < -0.3 is 10.6 Å². The summed E-state index contributed by atoms with van der Waals surface area (Å²) < 4.78 is 7.52. The van der Waals surface area contributed by atoms with Gasteiger partial charge in [-0.15, -0.1) is 0 Å². The Morgan fingerprint density at radius 1 is 1.25 bits per heavy atom. The molecule has 0 radical (unpaired) electrons. The van der Waals surface area contributed by atoms with Gasteiger partial charge >= 0.3 is 0 Å². The van der Waals surface area contributed by atoms with Crippen LogP contribution in [0.1, 0.15) is 70.1 Å². The van der Waals surface area contributed by atoms with Gasteiger partial charge in [0.25, 0.3) is 0 Å². The number of halogens is 1. The van der Waals surface area contributed by atoms with Gasteiger partial charge in [-0.1, -0.05) is 38.1 Å². The largest absolute Gasteiger partial charge is 0.354 e. The molecule has 1 fully saturated rings. The summed E-state index contributed by atoms with van der Waals surface area (Å²) >= 11 is -0.377. The van der Waals surface area contributed by atoms with E-state index in [-0.39, 0.29) is 44.5 Å². The quantitative estimate of drug-likeness (QED) is 0.304. The van der Waals surface area contributed by atoms with Crippen molar-refractivity contribution in [3.63, 3.8) is 0 Å². The zero-order valence-electron chi connectivity index (χ0n) is 19.1. The summed E-state index contributed by atoms with van der Waals surface area (Å²) in [4.78, 5) is 28.5. The number of hydrogen-bond donors (Lipinski definition) is 2. The Kier molecular flexibility index (Phi) is 8.95. The molecule has 0 unspecified atom stereocenters. The van der Waals surface area contributed by atoms with E-state index in [1.807, 2.05) is 12.3 Å². The molecule has 32 heavy (non-hydrogen) atoms. The fourth-order valence-corrected chi connectivity index (χ4v) is 5.45. The van der Waals surface area contributed by atoms with E-state index < -0.39 is 0 Å². The summed E-state index contributed by atoms with van der Waals surface area (Å²) in [7, 11) is 0. The molecule has 2 amide bonds. The van der Waals surface area contributed by atoms with Gasteiger partial charge in [0.1, 0.15) is 5.82 Å². The second-order valence-electron chi connectivity index (χ2n) is 8.56. The summed E-state index contributed by atoms with van der Waals surface area (Å²) in [6, 6.07) is 0.0533. The Bertz CT molecular complexity index is 946.